The fourth-order valence-electron chi connectivity index (χ4n) is 0.579. The van der Waals surface area contributed by atoms with Gasteiger partial charge in [-0.05, 0) is 6.55 Å². The van der Waals surface area contributed by atoms with Gasteiger partial charge >= 0.3 is 18.0 Å². The Hall–Kier alpha value is 4.06. The zero-order valence-corrected chi connectivity index (χ0v) is 20.9. The van der Waals surface area contributed by atoms with E-state index in [9.17, 15) is 0 Å². The Morgan fingerprint density at radius 1 is 0.500 bits per heavy atom. The highest BCUT2D eigenvalue weighted by molar-refractivity contribution is 7.75. The number of halogens is 11. The van der Waals surface area contributed by atoms with Gasteiger partial charge in [-0.15, -0.1) is 122 Å². The lowest BCUT2D eigenvalue weighted by Crippen LogP contribution is -2.25. The highest BCUT2D eigenvalue weighted by Crippen LogP contribution is 2.36. The molecule has 0 nitrogen and oxygen atoms in total. The molecule has 0 amide bonds. The van der Waals surface area contributed by atoms with E-state index < -0.39 is 24.7 Å². The van der Waals surface area contributed by atoms with Crippen LogP contribution in [0.25, 0.3) is 0 Å². The highest BCUT2D eigenvalue weighted by Gasteiger charge is 2.39. The van der Waals surface area contributed by atoms with E-state index in [1.807, 2.05) is 0 Å². The van der Waals surface area contributed by atoms with E-state index in [4.69, 9.17) is 122 Å². The van der Waals surface area contributed by atoms with Gasteiger partial charge in [0.05, 0.1) is 0 Å². The van der Waals surface area contributed by atoms with E-state index in [0.29, 0.717) is 5.67 Å². The lowest BCUT2D eigenvalue weighted by Gasteiger charge is -2.13. The maximum Gasteiger partial charge on any atom is 0.342 e. The number of hydrogen-bond acceptors (Lipinski definition) is 0. The van der Waals surface area contributed by atoms with Crippen LogP contribution in [0.5, 0.6) is 0 Å². The molecule has 0 saturated carbocycles. The summed E-state index contributed by atoms with van der Waals surface area (Å²) in [6.45, 7) is -0.441. The van der Waals surface area contributed by atoms with Crippen LogP contribution in [0.15, 0.2) is 0 Å². The molecule has 112 valence electrons. The van der Waals surface area contributed by atoms with Crippen LogP contribution in [-0.2, 0) is 0 Å². The van der Waals surface area contributed by atoms with Gasteiger partial charge in [0.25, 0.3) is 0 Å². The van der Waals surface area contributed by atoms with Crippen molar-refractivity contribution in [3.63, 3.8) is 0 Å². The van der Waals surface area contributed by atoms with E-state index in [0.717, 1.165) is 0 Å². The Labute approximate surface area is 162 Å². The van der Waals surface area contributed by atoms with Crippen LogP contribution in [0.2, 0.25) is 17.9 Å². The van der Waals surface area contributed by atoms with Gasteiger partial charge in [0.15, 0.2) is 0 Å². The van der Waals surface area contributed by atoms with E-state index in [-0.39, 0.29) is 5.67 Å². The first-order valence-corrected chi connectivity index (χ1v) is 24.5. The normalized spacial score (nSPS) is 14.0. The standard InChI is InChI=1S/C2H5Cl5Si2.CH2Cl6Si2/c1-8(3,4)2-9(5,6)7;2-8(3,4)1-9(5,6)7/h2H2,1H3;1H2. The summed E-state index contributed by atoms with van der Waals surface area (Å²) >= 11 is 60.9. The molecule has 0 rings (SSSR count). The average molecular weight is 545 g/mol. The molecular weight excluding hydrogens is 538 g/mol. The van der Waals surface area contributed by atoms with Crippen molar-refractivity contribution >= 4 is 147 Å². The molecule has 0 radical (unpaired) electrons. The van der Waals surface area contributed by atoms with Gasteiger partial charge in [0.1, 0.15) is 0 Å². The lowest BCUT2D eigenvalue weighted by molar-refractivity contribution is 1.90. The SMILES string of the molecule is C[Si](Cl)(Cl)C[Si](Cl)(Cl)Cl.Cl[Si](Cl)(Cl)C[Si](Cl)(Cl)Cl. The molecule has 0 N–H and O–H groups in total. The lowest BCUT2D eigenvalue weighted by atomic mass is 11.8. The monoisotopic (exact) mass is 540 g/mol. The van der Waals surface area contributed by atoms with Crippen molar-refractivity contribution in [2.24, 2.45) is 0 Å². The second-order valence-corrected chi connectivity index (χ2v) is 40.2. The van der Waals surface area contributed by atoms with Crippen molar-refractivity contribution in [1.82, 2.24) is 0 Å². The van der Waals surface area contributed by atoms with E-state index in [1.165, 1.54) is 0 Å². The molecule has 0 heterocycles. The summed E-state index contributed by atoms with van der Waals surface area (Å²) in [7, 11) is 0. The van der Waals surface area contributed by atoms with Crippen LogP contribution in [-0.4, -0.2) is 24.7 Å². The smallest absolute Gasteiger partial charge is 0.146 e. The zero-order chi connectivity index (χ0) is 15.4. The summed E-state index contributed by atoms with van der Waals surface area (Å²) in [5.74, 6) is 0. The third-order valence-corrected chi connectivity index (χ3v) is 21.4. The second-order valence-electron chi connectivity index (χ2n) is 3.27. The van der Waals surface area contributed by atoms with Crippen LogP contribution in [0.4, 0.5) is 0 Å². The van der Waals surface area contributed by atoms with Gasteiger partial charge in [0, 0.05) is 11.3 Å². The summed E-state index contributed by atoms with van der Waals surface area (Å²) in [6, 6.07) is -8.00. The van der Waals surface area contributed by atoms with E-state index >= 15 is 0 Å². The zero-order valence-electron chi connectivity index (χ0n) is 8.57. The van der Waals surface area contributed by atoms with Crippen LogP contribution in [0.3, 0.4) is 0 Å². The van der Waals surface area contributed by atoms with Crippen molar-refractivity contribution in [2.45, 2.75) is 17.9 Å². The maximum absolute atomic E-state index is 5.70. The number of rotatable bonds is 4. The first-order chi connectivity index (χ1) is 7.41. The minimum absolute atomic E-state index is 0.162. The van der Waals surface area contributed by atoms with Crippen LogP contribution in [0.1, 0.15) is 0 Å². The molecule has 0 fully saturated rings. The molecule has 0 bridgehead atoms. The molecule has 18 heavy (non-hydrogen) atoms. The molecule has 0 aliphatic heterocycles. The molecule has 0 aromatic heterocycles. The van der Waals surface area contributed by atoms with E-state index in [2.05, 4.69) is 0 Å². The fraction of sp³-hybridized carbons (Fsp3) is 1.00. The van der Waals surface area contributed by atoms with Gasteiger partial charge < -0.3 is 0 Å². The average Bonchev–Trinajstić information content (AvgIpc) is 1.64. The summed E-state index contributed by atoms with van der Waals surface area (Å²) in [5.41, 5.74) is 0.559. The quantitative estimate of drug-likeness (QED) is 0.253. The van der Waals surface area contributed by atoms with Crippen molar-refractivity contribution in [3.05, 3.63) is 0 Å². The summed E-state index contributed by atoms with van der Waals surface area (Å²) in [6.07, 6.45) is 0. The van der Waals surface area contributed by atoms with Crippen molar-refractivity contribution in [1.29, 1.82) is 0 Å². The molecule has 0 aromatic carbocycles. The molecule has 0 unspecified atom stereocenters. The largest absolute Gasteiger partial charge is 0.342 e. The summed E-state index contributed by atoms with van der Waals surface area (Å²) in [5, 5.41) is 0. The Morgan fingerprint density at radius 3 is 0.722 bits per heavy atom. The summed E-state index contributed by atoms with van der Waals surface area (Å²) in [4.78, 5) is 0. The fourth-order valence-corrected chi connectivity index (χ4v) is 36.1. The van der Waals surface area contributed by atoms with Crippen molar-refractivity contribution in [3.8, 4) is 0 Å². The van der Waals surface area contributed by atoms with Crippen molar-refractivity contribution < 1.29 is 0 Å². The Morgan fingerprint density at radius 2 is 0.722 bits per heavy atom. The Balaban J connectivity index is 0. The first-order valence-electron chi connectivity index (χ1n) is 3.99. The maximum atomic E-state index is 5.70. The topological polar surface area (TPSA) is 0 Å². The van der Waals surface area contributed by atoms with Gasteiger partial charge in [-0.2, -0.15) is 0 Å². The molecule has 0 saturated heterocycles. The Bertz CT molecular complexity index is 181. The van der Waals surface area contributed by atoms with Gasteiger partial charge in [0.2, 0.25) is 6.69 Å². The van der Waals surface area contributed by atoms with Crippen molar-refractivity contribution in [2.75, 3.05) is 0 Å². The van der Waals surface area contributed by atoms with Crippen LogP contribution < -0.4 is 0 Å². The highest BCUT2D eigenvalue weighted by atomic mass is 35.9. The molecule has 0 spiro atoms. The predicted octanol–water partition coefficient (Wildman–Crippen LogP) is 7.57. The first kappa shape index (κ1) is 24.3. The minimum atomic E-state index is -2.71. The van der Waals surface area contributed by atoms with Crippen LogP contribution in [0, 0.1) is 0 Å². The minimum Gasteiger partial charge on any atom is -0.146 e. The third kappa shape index (κ3) is 28.3. The molecular formula is C3H7Cl11Si4. The van der Waals surface area contributed by atoms with E-state index in [1.54, 1.807) is 6.55 Å². The van der Waals surface area contributed by atoms with Gasteiger partial charge in [-0.3, -0.25) is 0 Å². The number of hydrogen-bond donors (Lipinski definition) is 0. The molecule has 0 atom stereocenters. The van der Waals surface area contributed by atoms with Gasteiger partial charge in [-0.1, -0.05) is 0 Å². The van der Waals surface area contributed by atoms with Gasteiger partial charge in [-0.25, -0.2) is 0 Å². The summed E-state index contributed by atoms with van der Waals surface area (Å²) < 4.78 is 0. The van der Waals surface area contributed by atoms with Crippen LogP contribution >= 0.6 is 122 Å². The predicted molar refractivity (Wildman–Crippen MR) is 103 cm³/mol. The molecule has 15 heteroatoms. The third-order valence-electron chi connectivity index (χ3n) is 0.912. The molecule has 0 aromatic rings. The molecule has 0 aliphatic rings. The Kier molecular flexibility index (Phi) is 12.7. The second kappa shape index (κ2) is 9.38. The molecule has 0 aliphatic carbocycles.